The van der Waals surface area contributed by atoms with Crippen LogP contribution in [0.3, 0.4) is 0 Å². The number of aryl methyl sites for hydroxylation is 2. The molecule has 2 aromatic rings. The molecule has 0 aliphatic rings. The quantitative estimate of drug-likeness (QED) is 0.411. The van der Waals surface area contributed by atoms with E-state index in [4.69, 9.17) is 4.74 Å². The van der Waals surface area contributed by atoms with Gasteiger partial charge in [0.05, 0.1) is 11.1 Å². The molecule has 2 aromatic carbocycles. The molecule has 0 unspecified atom stereocenters. The van der Waals surface area contributed by atoms with Gasteiger partial charge in [-0.2, -0.15) is 5.10 Å². The fraction of sp³-hybridized carbons (Fsp3) is 0.176. The zero-order valence-corrected chi connectivity index (χ0v) is 14.1. The molecule has 0 bridgehead atoms. The largest absolute Gasteiger partial charge is 0.508 e. The number of ether oxygens (including phenoxy) is 1. The number of nitrogens with zero attached hydrogens (tertiary/aromatic N) is 2. The molecule has 0 atom stereocenters. The van der Waals surface area contributed by atoms with Crippen molar-refractivity contribution in [1.29, 1.82) is 0 Å². The maximum atomic E-state index is 11.8. The van der Waals surface area contributed by atoms with Gasteiger partial charge in [0, 0.05) is 17.7 Å². The third-order valence-electron chi connectivity index (χ3n) is 3.40. The van der Waals surface area contributed by atoms with Crippen LogP contribution in [0.25, 0.3) is 0 Å². The molecule has 26 heavy (non-hydrogen) atoms. The summed E-state index contributed by atoms with van der Waals surface area (Å²) in [7, 11) is 0. The van der Waals surface area contributed by atoms with E-state index in [2.05, 4.69) is 10.5 Å². The van der Waals surface area contributed by atoms with Gasteiger partial charge < -0.3 is 14.9 Å². The highest BCUT2D eigenvalue weighted by Gasteiger charge is 2.16. The Balaban J connectivity index is 1.97. The van der Waals surface area contributed by atoms with Gasteiger partial charge in [-0.05, 0) is 37.1 Å². The van der Waals surface area contributed by atoms with Crippen molar-refractivity contribution in [1.82, 2.24) is 5.43 Å². The molecule has 1 amide bonds. The number of carbonyl (C=O) groups excluding carboxylic acids is 1. The van der Waals surface area contributed by atoms with Crippen LogP contribution in [0.15, 0.2) is 35.4 Å². The van der Waals surface area contributed by atoms with Gasteiger partial charge in [-0.25, -0.2) is 5.43 Å². The molecule has 0 fully saturated rings. The molecular formula is C17H17N3O6. The van der Waals surface area contributed by atoms with Gasteiger partial charge in [0.15, 0.2) is 12.4 Å². The average molecular weight is 359 g/mol. The van der Waals surface area contributed by atoms with Crippen molar-refractivity contribution < 1.29 is 24.7 Å². The van der Waals surface area contributed by atoms with Gasteiger partial charge in [0.1, 0.15) is 11.5 Å². The fourth-order valence-corrected chi connectivity index (χ4v) is 2.17. The monoisotopic (exact) mass is 359 g/mol. The van der Waals surface area contributed by atoms with Gasteiger partial charge in [0.2, 0.25) is 0 Å². The first kappa shape index (κ1) is 18.7. The standard InChI is InChI=1S/C17H17N3O6/c1-10-3-4-16(14(5-10)20(24)25)26-9-17(23)19-18-8-13-11(2)6-12(21)7-15(13)22/h3-8,21-22H,9H2,1-2H3,(H,19,23)/b18-8-. The number of hydrogen-bond acceptors (Lipinski definition) is 7. The van der Waals surface area contributed by atoms with Crippen LogP contribution in [-0.4, -0.2) is 33.9 Å². The van der Waals surface area contributed by atoms with Crippen molar-refractivity contribution in [2.75, 3.05) is 6.61 Å². The SMILES string of the molecule is Cc1ccc(OCC(=O)N/N=C\c2c(C)cc(O)cc2O)c([N+](=O)[O-])c1. The van der Waals surface area contributed by atoms with E-state index in [0.29, 0.717) is 16.7 Å². The van der Waals surface area contributed by atoms with Crippen molar-refractivity contribution in [3.63, 3.8) is 0 Å². The van der Waals surface area contributed by atoms with Gasteiger partial charge in [-0.15, -0.1) is 0 Å². The molecule has 136 valence electrons. The fourth-order valence-electron chi connectivity index (χ4n) is 2.17. The van der Waals surface area contributed by atoms with Crippen molar-refractivity contribution in [3.8, 4) is 17.2 Å². The number of nitrogens with one attached hydrogen (secondary N) is 1. The van der Waals surface area contributed by atoms with Gasteiger partial charge in [-0.1, -0.05) is 6.07 Å². The second kappa shape index (κ2) is 7.97. The highest BCUT2D eigenvalue weighted by atomic mass is 16.6. The minimum Gasteiger partial charge on any atom is -0.508 e. The van der Waals surface area contributed by atoms with E-state index < -0.39 is 17.4 Å². The lowest BCUT2D eigenvalue weighted by atomic mass is 10.1. The molecule has 0 saturated heterocycles. The second-order valence-corrected chi connectivity index (χ2v) is 5.51. The molecule has 2 rings (SSSR count). The van der Waals surface area contributed by atoms with Gasteiger partial charge >= 0.3 is 5.69 Å². The predicted molar refractivity (Wildman–Crippen MR) is 93.6 cm³/mol. The summed E-state index contributed by atoms with van der Waals surface area (Å²) >= 11 is 0. The number of carbonyl (C=O) groups is 1. The first-order chi connectivity index (χ1) is 12.3. The summed E-state index contributed by atoms with van der Waals surface area (Å²) in [5, 5.41) is 33.8. The highest BCUT2D eigenvalue weighted by molar-refractivity contribution is 5.87. The van der Waals surface area contributed by atoms with E-state index in [1.165, 1.54) is 24.4 Å². The van der Waals surface area contributed by atoms with Crippen molar-refractivity contribution in [2.45, 2.75) is 13.8 Å². The summed E-state index contributed by atoms with van der Waals surface area (Å²) in [6, 6.07) is 6.98. The van der Waals surface area contributed by atoms with Crippen LogP contribution in [0.2, 0.25) is 0 Å². The number of nitro benzene ring substituents is 1. The zero-order valence-electron chi connectivity index (χ0n) is 14.1. The van der Waals surface area contributed by atoms with Crippen LogP contribution in [0, 0.1) is 24.0 Å². The molecule has 0 spiro atoms. The Morgan fingerprint density at radius 3 is 2.69 bits per heavy atom. The van der Waals surface area contributed by atoms with E-state index in [0.717, 1.165) is 6.07 Å². The maximum Gasteiger partial charge on any atom is 0.311 e. The van der Waals surface area contributed by atoms with E-state index in [1.807, 2.05) is 0 Å². The predicted octanol–water partition coefficient (Wildman–Crippen LogP) is 2.15. The van der Waals surface area contributed by atoms with E-state index in [9.17, 15) is 25.1 Å². The number of hydrazone groups is 1. The number of phenolic OH excluding ortho intramolecular Hbond substituents is 2. The van der Waals surface area contributed by atoms with Crippen molar-refractivity contribution >= 4 is 17.8 Å². The molecule has 0 aromatic heterocycles. The summed E-state index contributed by atoms with van der Waals surface area (Å²) in [6.07, 6.45) is 1.22. The summed E-state index contributed by atoms with van der Waals surface area (Å²) < 4.78 is 5.17. The zero-order chi connectivity index (χ0) is 19.3. The Bertz CT molecular complexity index is 856. The Labute approximate surface area is 148 Å². The first-order valence-electron chi connectivity index (χ1n) is 7.50. The summed E-state index contributed by atoms with van der Waals surface area (Å²) in [5.74, 6) is -0.930. The summed E-state index contributed by atoms with van der Waals surface area (Å²) in [6.45, 7) is 2.89. The Morgan fingerprint density at radius 1 is 1.31 bits per heavy atom. The molecule has 0 radical (unpaired) electrons. The number of benzene rings is 2. The molecule has 0 saturated carbocycles. The summed E-state index contributed by atoms with van der Waals surface area (Å²) in [5.41, 5.74) is 3.55. The van der Waals surface area contributed by atoms with Crippen LogP contribution >= 0.6 is 0 Å². The first-order valence-corrected chi connectivity index (χ1v) is 7.50. The molecule has 0 heterocycles. The molecule has 0 aliphatic carbocycles. The topological polar surface area (TPSA) is 134 Å². The van der Waals surface area contributed by atoms with Crippen molar-refractivity contribution in [3.05, 3.63) is 57.1 Å². The molecule has 9 heteroatoms. The number of amides is 1. The van der Waals surface area contributed by atoms with Crippen LogP contribution in [0.4, 0.5) is 5.69 Å². The van der Waals surface area contributed by atoms with E-state index in [1.54, 1.807) is 19.9 Å². The lowest BCUT2D eigenvalue weighted by Crippen LogP contribution is -2.24. The molecule has 9 nitrogen and oxygen atoms in total. The second-order valence-electron chi connectivity index (χ2n) is 5.51. The van der Waals surface area contributed by atoms with Crippen LogP contribution in [-0.2, 0) is 4.79 Å². The lowest BCUT2D eigenvalue weighted by Gasteiger charge is -2.07. The van der Waals surface area contributed by atoms with E-state index in [-0.39, 0.29) is 22.9 Å². The number of hydrogen-bond donors (Lipinski definition) is 3. The Morgan fingerprint density at radius 2 is 2.04 bits per heavy atom. The normalized spacial score (nSPS) is 10.7. The van der Waals surface area contributed by atoms with Crippen LogP contribution < -0.4 is 10.2 Å². The Kier molecular flexibility index (Phi) is 5.74. The number of aromatic hydroxyl groups is 2. The minimum absolute atomic E-state index is 0.0215. The third-order valence-corrected chi connectivity index (χ3v) is 3.40. The minimum atomic E-state index is -0.632. The smallest absolute Gasteiger partial charge is 0.311 e. The van der Waals surface area contributed by atoms with Gasteiger partial charge in [-0.3, -0.25) is 14.9 Å². The van der Waals surface area contributed by atoms with Gasteiger partial charge in [0.25, 0.3) is 5.91 Å². The lowest BCUT2D eigenvalue weighted by molar-refractivity contribution is -0.385. The maximum absolute atomic E-state index is 11.8. The number of nitro groups is 1. The summed E-state index contributed by atoms with van der Waals surface area (Å²) in [4.78, 5) is 22.2. The van der Waals surface area contributed by atoms with Crippen LogP contribution in [0.1, 0.15) is 16.7 Å². The van der Waals surface area contributed by atoms with Crippen molar-refractivity contribution in [2.24, 2.45) is 5.10 Å². The van der Waals surface area contributed by atoms with Crippen LogP contribution in [0.5, 0.6) is 17.2 Å². The third kappa shape index (κ3) is 4.69. The van der Waals surface area contributed by atoms with E-state index >= 15 is 0 Å². The average Bonchev–Trinajstić information content (AvgIpc) is 2.55. The molecule has 0 aliphatic heterocycles. The number of phenols is 2. The Hall–Kier alpha value is -3.62. The molecule has 3 N–H and O–H groups in total. The highest BCUT2D eigenvalue weighted by Crippen LogP contribution is 2.27. The number of rotatable bonds is 6. The molecular weight excluding hydrogens is 342 g/mol.